The Labute approximate surface area is 98.4 Å². The van der Waals surface area contributed by atoms with Gasteiger partial charge in [-0.05, 0) is 32.1 Å². The molecule has 2 nitrogen and oxygen atoms in total. The zero-order valence-electron chi connectivity index (χ0n) is 10.2. The zero-order chi connectivity index (χ0) is 11.6. The highest BCUT2D eigenvalue weighted by Crippen LogP contribution is 2.17. The Balaban J connectivity index is 1.95. The number of hydrogen-bond acceptors (Lipinski definition) is 2. The van der Waals surface area contributed by atoms with Gasteiger partial charge in [0, 0.05) is 6.42 Å². The molecule has 0 aromatic heterocycles. The van der Waals surface area contributed by atoms with Crippen LogP contribution in [0, 0.1) is 5.92 Å². The number of ether oxygens (including phenoxy) is 1. The molecule has 0 heterocycles. The molecule has 0 N–H and O–H groups in total. The molecule has 0 radical (unpaired) electrons. The van der Waals surface area contributed by atoms with E-state index in [2.05, 4.69) is 24.3 Å². The van der Waals surface area contributed by atoms with Crippen molar-refractivity contribution in [2.75, 3.05) is 6.61 Å². The van der Waals surface area contributed by atoms with Crippen molar-refractivity contribution < 1.29 is 9.53 Å². The van der Waals surface area contributed by atoms with E-state index < -0.39 is 0 Å². The second-order valence-electron chi connectivity index (χ2n) is 4.16. The van der Waals surface area contributed by atoms with Crippen molar-refractivity contribution in [3.8, 4) is 0 Å². The predicted molar refractivity (Wildman–Crippen MR) is 66.1 cm³/mol. The molecule has 0 aliphatic heterocycles. The molecule has 1 rings (SSSR count). The average molecular weight is 222 g/mol. The van der Waals surface area contributed by atoms with E-state index in [1.54, 1.807) is 0 Å². The van der Waals surface area contributed by atoms with E-state index in [4.69, 9.17) is 4.74 Å². The second kappa shape index (κ2) is 8.14. The highest BCUT2D eigenvalue weighted by Gasteiger charge is 2.04. The molecule has 90 valence electrons. The Kier molecular flexibility index (Phi) is 6.62. The van der Waals surface area contributed by atoms with Gasteiger partial charge in [0.1, 0.15) is 0 Å². The lowest BCUT2D eigenvalue weighted by Crippen LogP contribution is -2.03. The van der Waals surface area contributed by atoms with Crippen LogP contribution in [0.25, 0.3) is 0 Å². The molecule has 0 aromatic rings. The van der Waals surface area contributed by atoms with E-state index in [0.29, 0.717) is 18.9 Å². The highest BCUT2D eigenvalue weighted by atomic mass is 16.5. The van der Waals surface area contributed by atoms with Crippen LogP contribution in [0.5, 0.6) is 0 Å². The van der Waals surface area contributed by atoms with Gasteiger partial charge >= 0.3 is 5.97 Å². The van der Waals surface area contributed by atoms with Crippen LogP contribution in [0.4, 0.5) is 0 Å². The number of esters is 1. The van der Waals surface area contributed by atoms with Crippen molar-refractivity contribution in [1.29, 1.82) is 0 Å². The second-order valence-corrected chi connectivity index (χ2v) is 4.16. The number of carbonyl (C=O) groups is 1. The van der Waals surface area contributed by atoms with Crippen LogP contribution in [0.15, 0.2) is 24.3 Å². The topological polar surface area (TPSA) is 26.3 Å². The maximum Gasteiger partial charge on any atom is 0.305 e. The van der Waals surface area contributed by atoms with Crippen molar-refractivity contribution in [2.24, 2.45) is 5.92 Å². The number of unbranched alkanes of at least 4 members (excludes halogenated alkanes) is 2. The summed E-state index contributed by atoms with van der Waals surface area (Å²) in [6.07, 6.45) is 15.2. The van der Waals surface area contributed by atoms with Gasteiger partial charge in [-0.15, -0.1) is 0 Å². The molecule has 16 heavy (non-hydrogen) atoms. The van der Waals surface area contributed by atoms with Crippen LogP contribution >= 0.6 is 0 Å². The van der Waals surface area contributed by atoms with Crippen LogP contribution in [0.1, 0.15) is 45.4 Å². The third kappa shape index (κ3) is 5.74. The molecule has 2 heteroatoms. The summed E-state index contributed by atoms with van der Waals surface area (Å²) < 4.78 is 4.88. The number of carbonyl (C=O) groups excluding carboxylic acids is 1. The average Bonchev–Trinajstić information content (AvgIpc) is 2.30. The van der Waals surface area contributed by atoms with E-state index >= 15 is 0 Å². The quantitative estimate of drug-likeness (QED) is 0.373. The Hall–Kier alpha value is -1.05. The summed E-state index contributed by atoms with van der Waals surface area (Å²) in [5, 5.41) is 0. The molecule has 0 fully saturated rings. The van der Waals surface area contributed by atoms with Crippen molar-refractivity contribution >= 4 is 5.97 Å². The van der Waals surface area contributed by atoms with Crippen LogP contribution < -0.4 is 0 Å². The van der Waals surface area contributed by atoms with Crippen molar-refractivity contribution in [1.82, 2.24) is 0 Å². The van der Waals surface area contributed by atoms with Gasteiger partial charge in [-0.2, -0.15) is 0 Å². The van der Waals surface area contributed by atoms with E-state index in [0.717, 1.165) is 19.3 Å². The summed E-state index contributed by atoms with van der Waals surface area (Å²) in [7, 11) is 0. The van der Waals surface area contributed by atoms with Gasteiger partial charge in [0.25, 0.3) is 0 Å². The summed E-state index contributed by atoms with van der Waals surface area (Å²) in [6.45, 7) is 2.34. The number of hydrogen-bond donors (Lipinski definition) is 0. The molecule has 0 aromatic carbocycles. The van der Waals surface area contributed by atoms with E-state index in [1.807, 2.05) is 6.92 Å². The molecule has 0 amide bonds. The van der Waals surface area contributed by atoms with Gasteiger partial charge in [0.15, 0.2) is 0 Å². The normalized spacial score (nSPS) is 15.3. The first-order chi connectivity index (χ1) is 7.83. The Morgan fingerprint density at radius 2 is 2.00 bits per heavy atom. The monoisotopic (exact) mass is 222 g/mol. The number of allylic oxidation sites excluding steroid dienone is 4. The minimum absolute atomic E-state index is 0.0556. The molecule has 0 atom stereocenters. The Morgan fingerprint density at radius 3 is 2.69 bits per heavy atom. The largest absolute Gasteiger partial charge is 0.466 e. The fourth-order valence-corrected chi connectivity index (χ4v) is 1.90. The number of rotatable bonds is 7. The maximum atomic E-state index is 11.1. The third-order valence-corrected chi connectivity index (χ3v) is 2.76. The van der Waals surface area contributed by atoms with E-state index in [-0.39, 0.29) is 5.97 Å². The fourth-order valence-electron chi connectivity index (χ4n) is 1.90. The summed E-state index contributed by atoms with van der Waals surface area (Å²) in [6, 6.07) is 0. The van der Waals surface area contributed by atoms with Gasteiger partial charge in [-0.3, -0.25) is 4.79 Å². The predicted octanol–water partition coefficient (Wildman–Crippen LogP) is 3.63. The van der Waals surface area contributed by atoms with Crippen molar-refractivity contribution in [3.05, 3.63) is 24.3 Å². The van der Waals surface area contributed by atoms with Crippen molar-refractivity contribution in [2.45, 2.75) is 45.4 Å². The summed E-state index contributed by atoms with van der Waals surface area (Å²) >= 11 is 0. The lowest BCUT2D eigenvalue weighted by Gasteiger charge is -2.10. The first kappa shape index (κ1) is 13.0. The van der Waals surface area contributed by atoms with Gasteiger partial charge in [-0.25, -0.2) is 0 Å². The molecular weight excluding hydrogens is 200 g/mol. The first-order valence-corrected chi connectivity index (χ1v) is 6.32. The summed E-state index contributed by atoms with van der Waals surface area (Å²) in [5.41, 5.74) is 0. The van der Waals surface area contributed by atoms with E-state index in [1.165, 1.54) is 12.8 Å². The minimum Gasteiger partial charge on any atom is -0.466 e. The molecule has 1 aliphatic rings. The molecule has 0 bridgehead atoms. The SMILES string of the molecule is CCOC(=O)CCCCCC1C=CCC=C1. The van der Waals surface area contributed by atoms with Crippen LogP contribution in [-0.4, -0.2) is 12.6 Å². The first-order valence-electron chi connectivity index (χ1n) is 6.32. The van der Waals surface area contributed by atoms with Gasteiger partial charge in [0.05, 0.1) is 6.61 Å². The third-order valence-electron chi connectivity index (χ3n) is 2.76. The minimum atomic E-state index is -0.0556. The smallest absolute Gasteiger partial charge is 0.305 e. The molecular formula is C14H22O2. The molecule has 0 spiro atoms. The molecule has 0 unspecified atom stereocenters. The zero-order valence-corrected chi connectivity index (χ0v) is 10.2. The Bertz CT molecular complexity index is 241. The maximum absolute atomic E-state index is 11.1. The van der Waals surface area contributed by atoms with E-state index in [9.17, 15) is 4.79 Å². The van der Waals surface area contributed by atoms with Gasteiger partial charge in [-0.1, -0.05) is 37.1 Å². The molecule has 0 saturated carbocycles. The molecule has 1 aliphatic carbocycles. The lowest BCUT2D eigenvalue weighted by atomic mass is 9.96. The van der Waals surface area contributed by atoms with Crippen molar-refractivity contribution in [3.63, 3.8) is 0 Å². The van der Waals surface area contributed by atoms with Crippen LogP contribution in [0.3, 0.4) is 0 Å². The standard InChI is InChI=1S/C14H22O2/c1-2-16-14(15)12-8-4-7-11-13-9-5-3-6-10-13/h5-6,9-10,13H,2-4,7-8,11-12H2,1H3. The van der Waals surface area contributed by atoms with Gasteiger partial charge < -0.3 is 4.74 Å². The molecule has 0 saturated heterocycles. The Morgan fingerprint density at radius 1 is 1.25 bits per heavy atom. The van der Waals surface area contributed by atoms with Gasteiger partial charge in [0.2, 0.25) is 0 Å². The van der Waals surface area contributed by atoms with Crippen LogP contribution in [0.2, 0.25) is 0 Å². The summed E-state index contributed by atoms with van der Waals surface area (Å²) in [4.78, 5) is 11.1. The highest BCUT2D eigenvalue weighted by molar-refractivity contribution is 5.69. The fraction of sp³-hybridized carbons (Fsp3) is 0.643. The van der Waals surface area contributed by atoms with Crippen LogP contribution in [-0.2, 0) is 9.53 Å². The lowest BCUT2D eigenvalue weighted by molar-refractivity contribution is -0.143. The summed E-state index contributed by atoms with van der Waals surface area (Å²) in [5.74, 6) is 0.566.